The molecule has 1 amide bonds. The van der Waals surface area contributed by atoms with Gasteiger partial charge in [-0.1, -0.05) is 0 Å². The Kier molecular flexibility index (Phi) is 5.18. The molecular formula is C19H27N5O. The van der Waals surface area contributed by atoms with Crippen LogP contribution in [0.1, 0.15) is 46.1 Å². The number of aromatic nitrogens is 3. The van der Waals surface area contributed by atoms with E-state index in [0.29, 0.717) is 11.5 Å². The van der Waals surface area contributed by atoms with Gasteiger partial charge in [0, 0.05) is 63.3 Å². The number of hydrogen-bond donors (Lipinski definition) is 0. The largest absolute Gasteiger partial charge is 0.345 e. The zero-order valence-electron chi connectivity index (χ0n) is 15.6. The highest BCUT2D eigenvalue weighted by Gasteiger charge is 2.23. The lowest BCUT2D eigenvalue weighted by atomic mass is 9.93. The number of aryl methyl sites for hydroxylation is 1. The van der Waals surface area contributed by atoms with E-state index in [-0.39, 0.29) is 5.91 Å². The Hall–Kier alpha value is -2.21. The maximum Gasteiger partial charge on any atom is 0.254 e. The minimum absolute atomic E-state index is 0.00336. The fourth-order valence-corrected chi connectivity index (χ4v) is 3.41. The van der Waals surface area contributed by atoms with E-state index >= 15 is 0 Å². The Morgan fingerprint density at radius 1 is 1.32 bits per heavy atom. The van der Waals surface area contributed by atoms with E-state index in [1.54, 1.807) is 25.2 Å². The second-order valence-corrected chi connectivity index (χ2v) is 7.12. The molecule has 134 valence electrons. The minimum atomic E-state index is -0.00336. The van der Waals surface area contributed by atoms with E-state index in [1.807, 2.05) is 30.1 Å². The standard InChI is InChI=1S/C19H27N5O/c1-14-17(11-21-23(14)4)13-24-9-5-6-16(12-24)18-8-7-15(10-20-18)19(25)22(2)3/h7-8,10-11,16H,5-6,9,12-13H2,1-4H3/t16-/m1/s1. The molecule has 6 heteroatoms. The molecule has 0 saturated carbocycles. The van der Waals surface area contributed by atoms with Crippen LogP contribution in [0.15, 0.2) is 24.5 Å². The van der Waals surface area contributed by atoms with Crippen LogP contribution >= 0.6 is 0 Å². The monoisotopic (exact) mass is 341 g/mol. The molecule has 1 saturated heterocycles. The Labute approximate surface area is 149 Å². The molecular weight excluding hydrogens is 314 g/mol. The molecule has 1 fully saturated rings. The summed E-state index contributed by atoms with van der Waals surface area (Å²) >= 11 is 0. The molecule has 3 rings (SSSR count). The summed E-state index contributed by atoms with van der Waals surface area (Å²) in [6.07, 6.45) is 6.00. The molecule has 0 unspecified atom stereocenters. The number of amides is 1. The number of carbonyl (C=O) groups excluding carboxylic acids is 1. The SMILES string of the molecule is Cc1c(CN2CCC[C@@H](c3ccc(C(=O)N(C)C)cn3)C2)cnn1C. The summed E-state index contributed by atoms with van der Waals surface area (Å²) < 4.78 is 1.93. The molecule has 1 aliphatic rings. The van der Waals surface area contributed by atoms with Gasteiger partial charge in [0.05, 0.1) is 11.8 Å². The molecule has 1 aliphatic heterocycles. The van der Waals surface area contributed by atoms with Crippen LogP contribution < -0.4 is 0 Å². The summed E-state index contributed by atoms with van der Waals surface area (Å²) in [5.74, 6) is 0.422. The first-order valence-corrected chi connectivity index (χ1v) is 8.83. The van der Waals surface area contributed by atoms with Crippen molar-refractivity contribution in [1.29, 1.82) is 0 Å². The Balaban J connectivity index is 1.67. The van der Waals surface area contributed by atoms with E-state index in [0.717, 1.165) is 31.7 Å². The summed E-state index contributed by atoms with van der Waals surface area (Å²) in [6.45, 7) is 5.17. The second-order valence-electron chi connectivity index (χ2n) is 7.12. The molecule has 2 aromatic heterocycles. The number of rotatable bonds is 4. The number of pyridine rings is 1. The highest BCUT2D eigenvalue weighted by Crippen LogP contribution is 2.27. The van der Waals surface area contributed by atoms with E-state index < -0.39 is 0 Å². The molecule has 0 radical (unpaired) electrons. The van der Waals surface area contributed by atoms with Gasteiger partial charge in [0.2, 0.25) is 0 Å². The molecule has 2 aromatic rings. The molecule has 0 N–H and O–H groups in total. The average Bonchev–Trinajstić information content (AvgIpc) is 2.93. The van der Waals surface area contributed by atoms with Crippen molar-refractivity contribution in [3.05, 3.63) is 47.0 Å². The molecule has 0 aromatic carbocycles. The zero-order valence-corrected chi connectivity index (χ0v) is 15.6. The van der Waals surface area contributed by atoms with E-state index in [1.165, 1.54) is 17.7 Å². The molecule has 0 spiro atoms. The van der Waals surface area contributed by atoms with Crippen molar-refractivity contribution in [2.24, 2.45) is 7.05 Å². The quantitative estimate of drug-likeness (QED) is 0.855. The van der Waals surface area contributed by atoms with Crippen LogP contribution in [-0.4, -0.2) is 57.7 Å². The fraction of sp³-hybridized carbons (Fsp3) is 0.526. The Morgan fingerprint density at radius 2 is 2.12 bits per heavy atom. The van der Waals surface area contributed by atoms with Gasteiger partial charge in [-0.3, -0.25) is 19.4 Å². The molecule has 1 atom stereocenters. The molecule has 6 nitrogen and oxygen atoms in total. The lowest BCUT2D eigenvalue weighted by Crippen LogP contribution is -2.34. The van der Waals surface area contributed by atoms with Gasteiger partial charge in [-0.2, -0.15) is 5.10 Å². The van der Waals surface area contributed by atoms with Crippen LogP contribution in [0.2, 0.25) is 0 Å². The number of nitrogens with zero attached hydrogens (tertiary/aromatic N) is 5. The minimum Gasteiger partial charge on any atom is -0.345 e. The third-order valence-electron chi connectivity index (χ3n) is 5.09. The highest BCUT2D eigenvalue weighted by molar-refractivity contribution is 5.93. The van der Waals surface area contributed by atoms with Crippen LogP contribution in [0.3, 0.4) is 0 Å². The zero-order chi connectivity index (χ0) is 18.0. The van der Waals surface area contributed by atoms with Crippen LogP contribution in [-0.2, 0) is 13.6 Å². The van der Waals surface area contributed by atoms with Crippen LogP contribution in [0.4, 0.5) is 0 Å². The summed E-state index contributed by atoms with van der Waals surface area (Å²) in [5.41, 5.74) is 4.25. The third-order valence-corrected chi connectivity index (χ3v) is 5.09. The first kappa shape index (κ1) is 17.6. The van der Waals surface area contributed by atoms with Crippen molar-refractivity contribution in [1.82, 2.24) is 24.6 Å². The van der Waals surface area contributed by atoms with Crippen LogP contribution in [0.25, 0.3) is 0 Å². The predicted molar refractivity (Wildman–Crippen MR) is 97.5 cm³/mol. The van der Waals surface area contributed by atoms with Gasteiger partial charge in [-0.25, -0.2) is 0 Å². The predicted octanol–water partition coefficient (Wildman–Crippen LogP) is 2.20. The Bertz CT molecular complexity index is 735. The van der Waals surface area contributed by atoms with E-state index in [4.69, 9.17) is 0 Å². The maximum atomic E-state index is 12.0. The number of carbonyl (C=O) groups is 1. The first-order chi connectivity index (χ1) is 12.0. The number of likely N-dealkylation sites (tertiary alicyclic amines) is 1. The van der Waals surface area contributed by atoms with Crippen molar-refractivity contribution in [2.75, 3.05) is 27.2 Å². The fourth-order valence-electron chi connectivity index (χ4n) is 3.41. The number of hydrogen-bond acceptors (Lipinski definition) is 4. The van der Waals surface area contributed by atoms with Gasteiger partial charge in [0.15, 0.2) is 0 Å². The Morgan fingerprint density at radius 3 is 2.72 bits per heavy atom. The lowest BCUT2D eigenvalue weighted by Gasteiger charge is -2.32. The van der Waals surface area contributed by atoms with Gasteiger partial charge in [0.25, 0.3) is 5.91 Å². The molecule has 0 bridgehead atoms. The summed E-state index contributed by atoms with van der Waals surface area (Å²) in [6, 6.07) is 3.91. The van der Waals surface area contributed by atoms with Crippen molar-refractivity contribution in [3.8, 4) is 0 Å². The van der Waals surface area contributed by atoms with Gasteiger partial charge in [0.1, 0.15) is 0 Å². The first-order valence-electron chi connectivity index (χ1n) is 8.83. The molecule has 0 aliphatic carbocycles. The van der Waals surface area contributed by atoms with Crippen molar-refractivity contribution < 1.29 is 4.79 Å². The smallest absolute Gasteiger partial charge is 0.254 e. The topological polar surface area (TPSA) is 54.3 Å². The van der Waals surface area contributed by atoms with Crippen LogP contribution in [0.5, 0.6) is 0 Å². The van der Waals surface area contributed by atoms with Gasteiger partial charge < -0.3 is 4.90 Å². The van der Waals surface area contributed by atoms with Crippen LogP contribution in [0, 0.1) is 6.92 Å². The van der Waals surface area contributed by atoms with Crippen molar-refractivity contribution in [2.45, 2.75) is 32.2 Å². The van der Waals surface area contributed by atoms with Gasteiger partial charge in [-0.15, -0.1) is 0 Å². The van der Waals surface area contributed by atoms with E-state index in [9.17, 15) is 4.79 Å². The van der Waals surface area contributed by atoms with Crippen molar-refractivity contribution >= 4 is 5.91 Å². The average molecular weight is 341 g/mol. The number of piperidine rings is 1. The normalized spacial score (nSPS) is 18.3. The molecule has 25 heavy (non-hydrogen) atoms. The third kappa shape index (κ3) is 3.90. The summed E-state index contributed by atoms with van der Waals surface area (Å²) in [5, 5.41) is 4.34. The van der Waals surface area contributed by atoms with E-state index in [2.05, 4.69) is 21.9 Å². The second kappa shape index (κ2) is 7.35. The molecule has 3 heterocycles. The van der Waals surface area contributed by atoms with Gasteiger partial charge in [-0.05, 0) is 38.4 Å². The van der Waals surface area contributed by atoms with Gasteiger partial charge >= 0.3 is 0 Å². The summed E-state index contributed by atoms with van der Waals surface area (Å²) in [7, 11) is 5.50. The lowest BCUT2D eigenvalue weighted by molar-refractivity contribution is 0.0827. The maximum absolute atomic E-state index is 12.0. The highest BCUT2D eigenvalue weighted by atomic mass is 16.2. The van der Waals surface area contributed by atoms with Crippen molar-refractivity contribution in [3.63, 3.8) is 0 Å². The summed E-state index contributed by atoms with van der Waals surface area (Å²) in [4.78, 5) is 20.6.